The van der Waals surface area contributed by atoms with Crippen LogP contribution in [-0.4, -0.2) is 29.9 Å². The Hall–Kier alpha value is -0.0200. The number of Topliss-reactive ketones (excluding diaryl/α,β-unsaturated/α-hetero) is 1. The zero-order valence-corrected chi connectivity index (χ0v) is 10.7. The first-order valence-electron chi connectivity index (χ1n) is 6.05. The maximum absolute atomic E-state index is 11.7. The first kappa shape index (κ1) is 13.0. The highest BCUT2D eigenvalue weighted by Crippen LogP contribution is 2.15. The predicted octanol–water partition coefficient (Wildman–Crippen LogP) is 2.48. The van der Waals surface area contributed by atoms with E-state index in [2.05, 4.69) is 19.2 Å². The minimum absolute atomic E-state index is 0.435. The molecule has 1 rings (SSSR count). The van der Waals surface area contributed by atoms with Crippen LogP contribution in [0, 0.1) is 5.92 Å². The lowest BCUT2D eigenvalue weighted by Crippen LogP contribution is -2.39. The molecule has 1 aliphatic rings. The fraction of sp³-hybridized carbons (Fsp3) is 0.917. The van der Waals surface area contributed by atoms with Crippen LogP contribution in [0.3, 0.4) is 0 Å². The number of hydrogen-bond acceptors (Lipinski definition) is 3. The van der Waals surface area contributed by atoms with Crippen molar-refractivity contribution in [2.24, 2.45) is 5.92 Å². The van der Waals surface area contributed by atoms with Crippen molar-refractivity contribution in [3.8, 4) is 0 Å². The zero-order chi connectivity index (χ0) is 11.1. The van der Waals surface area contributed by atoms with Crippen molar-refractivity contribution in [2.75, 3.05) is 18.1 Å². The number of carbonyl (C=O) groups excluding carboxylic acids is 1. The van der Waals surface area contributed by atoms with E-state index < -0.39 is 0 Å². The molecule has 1 heterocycles. The SMILES string of the molecule is CCCC(C)CC(=O)CC1CSCCN1. The van der Waals surface area contributed by atoms with Gasteiger partial charge in [-0.1, -0.05) is 26.7 Å². The average Bonchev–Trinajstić information content (AvgIpc) is 2.19. The van der Waals surface area contributed by atoms with Gasteiger partial charge in [0, 0.05) is 36.9 Å². The van der Waals surface area contributed by atoms with Crippen LogP contribution in [-0.2, 0) is 4.79 Å². The Morgan fingerprint density at radius 3 is 3.00 bits per heavy atom. The van der Waals surface area contributed by atoms with Gasteiger partial charge >= 0.3 is 0 Å². The van der Waals surface area contributed by atoms with E-state index in [-0.39, 0.29) is 0 Å². The van der Waals surface area contributed by atoms with E-state index in [0.29, 0.717) is 17.7 Å². The summed E-state index contributed by atoms with van der Waals surface area (Å²) in [6, 6.07) is 0.435. The molecule has 1 saturated heterocycles. The van der Waals surface area contributed by atoms with E-state index in [4.69, 9.17) is 0 Å². The summed E-state index contributed by atoms with van der Waals surface area (Å²) in [5.74, 6) is 3.31. The number of rotatable bonds is 6. The molecule has 0 radical (unpaired) electrons. The van der Waals surface area contributed by atoms with Gasteiger partial charge in [-0.05, 0) is 5.92 Å². The van der Waals surface area contributed by atoms with Crippen LogP contribution in [0.15, 0.2) is 0 Å². The molecule has 0 amide bonds. The van der Waals surface area contributed by atoms with Crippen LogP contribution in [0.1, 0.15) is 39.5 Å². The van der Waals surface area contributed by atoms with Gasteiger partial charge in [0.15, 0.2) is 0 Å². The van der Waals surface area contributed by atoms with Crippen molar-refractivity contribution in [2.45, 2.75) is 45.6 Å². The predicted molar refractivity (Wildman–Crippen MR) is 67.4 cm³/mol. The van der Waals surface area contributed by atoms with Crippen LogP contribution in [0.25, 0.3) is 0 Å². The van der Waals surface area contributed by atoms with E-state index in [1.165, 1.54) is 18.6 Å². The number of thioether (sulfide) groups is 1. The molecule has 0 aromatic heterocycles. The normalized spacial score (nSPS) is 23.7. The van der Waals surface area contributed by atoms with E-state index >= 15 is 0 Å². The number of carbonyl (C=O) groups is 1. The number of hydrogen-bond donors (Lipinski definition) is 1. The Kier molecular flexibility index (Phi) is 6.34. The van der Waals surface area contributed by atoms with Crippen LogP contribution < -0.4 is 5.32 Å². The van der Waals surface area contributed by atoms with Crippen LogP contribution >= 0.6 is 11.8 Å². The molecule has 1 N–H and O–H groups in total. The molecule has 1 fully saturated rings. The molecule has 3 heteroatoms. The Morgan fingerprint density at radius 2 is 2.40 bits per heavy atom. The zero-order valence-electron chi connectivity index (χ0n) is 9.92. The van der Waals surface area contributed by atoms with E-state index in [9.17, 15) is 4.79 Å². The summed E-state index contributed by atoms with van der Waals surface area (Å²) in [7, 11) is 0. The Labute approximate surface area is 97.6 Å². The van der Waals surface area contributed by atoms with Crippen molar-refractivity contribution in [3.05, 3.63) is 0 Å². The summed E-state index contributed by atoms with van der Waals surface area (Å²) in [5.41, 5.74) is 0. The van der Waals surface area contributed by atoms with Gasteiger partial charge in [0.1, 0.15) is 5.78 Å². The second-order valence-corrected chi connectivity index (χ2v) is 5.72. The van der Waals surface area contributed by atoms with Gasteiger partial charge in [0.25, 0.3) is 0 Å². The molecular weight excluding hydrogens is 206 g/mol. The average molecular weight is 229 g/mol. The fourth-order valence-electron chi connectivity index (χ4n) is 2.09. The van der Waals surface area contributed by atoms with Crippen molar-refractivity contribution in [3.63, 3.8) is 0 Å². The largest absolute Gasteiger partial charge is 0.312 e. The van der Waals surface area contributed by atoms with Crippen molar-refractivity contribution in [1.82, 2.24) is 5.32 Å². The van der Waals surface area contributed by atoms with Crippen LogP contribution in [0.5, 0.6) is 0 Å². The standard InChI is InChI=1S/C12H23NOS/c1-3-4-10(2)7-12(14)8-11-9-15-6-5-13-11/h10-11,13H,3-9H2,1-2H3. The first-order valence-corrected chi connectivity index (χ1v) is 7.20. The molecule has 0 aromatic carbocycles. The van der Waals surface area contributed by atoms with Gasteiger partial charge in [-0.2, -0.15) is 11.8 Å². The molecule has 2 nitrogen and oxygen atoms in total. The highest BCUT2D eigenvalue weighted by atomic mass is 32.2. The molecular formula is C12H23NOS. The Morgan fingerprint density at radius 1 is 1.60 bits per heavy atom. The quantitative estimate of drug-likeness (QED) is 0.758. The van der Waals surface area contributed by atoms with Crippen LogP contribution in [0.4, 0.5) is 0 Å². The highest BCUT2D eigenvalue weighted by molar-refractivity contribution is 7.99. The van der Waals surface area contributed by atoms with Gasteiger partial charge < -0.3 is 5.32 Å². The third-order valence-electron chi connectivity index (χ3n) is 2.83. The topological polar surface area (TPSA) is 29.1 Å². The van der Waals surface area contributed by atoms with E-state index in [1.807, 2.05) is 11.8 Å². The Balaban J connectivity index is 2.16. The molecule has 2 unspecified atom stereocenters. The van der Waals surface area contributed by atoms with E-state index in [0.717, 1.165) is 25.1 Å². The molecule has 0 bridgehead atoms. The highest BCUT2D eigenvalue weighted by Gasteiger charge is 2.17. The molecule has 2 atom stereocenters. The first-order chi connectivity index (χ1) is 7.22. The molecule has 0 aliphatic carbocycles. The minimum atomic E-state index is 0.435. The molecule has 1 aliphatic heterocycles. The third-order valence-corrected chi connectivity index (χ3v) is 3.96. The molecule has 15 heavy (non-hydrogen) atoms. The second-order valence-electron chi connectivity index (χ2n) is 4.57. The summed E-state index contributed by atoms with van der Waals surface area (Å²) >= 11 is 1.96. The smallest absolute Gasteiger partial charge is 0.134 e. The Bertz CT molecular complexity index is 190. The summed E-state index contributed by atoms with van der Waals surface area (Å²) in [6.07, 6.45) is 3.88. The third kappa shape index (κ3) is 5.57. The summed E-state index contributed by atoms with van der Waals surface area (Å²) in [5, 5.41) is 3.41. The lowest BCUT2D eigenvalue weighted by atomic mass is 9.97. The molecule has 88 valence electrons. The lowest BCUT2D eigenvalue weighted by molar-refractivity contribution is -0.120. The van der Waals surface area contributed by atoms with Gasteiger partial charge in [-0.15, -0.1) is 0 Å². The van der Waals surface area contributed by atoms with Gasteiger partial charge in [-0.3, -0.25) is 4.79 Å². The monoisotopic (exact) mass is 229 g/mol. The summed E-state index contributed by atoms with van der Waals surface area (Å²) in [4.78, 5) is 11.7. The second kappa shape index (κ2) is 7.29. The van der Waals surface area contributed by atoms with Gasteiger partial charge in [0.05, 0.1) is 0 Å². The molecule has 0 spiro atoms. The maximum Gasteiger partial charge on any atom is 0.134 e. The summed E-state index contributed by atoms with van der Waals surface area (Å²) < 4.78 is 0. The van der Waals surface area contributed by atoms with Crippen LogP contribution in [0.2, 0.25) is 0 Å². The van der Waals surface area contributed by atoms with Gasteiger partial charge in [-0.25, -0.2) is 0 Å². The van der Waals surface area contributed by atoms with Gasteiger partial charge in [0.2, 0.25) is 0 Å². The maximum atomic E-state index is 11.7. The lowest BCUT2D eigenvalue weighted by Gasteiger charge is -2.22. The summed E-state index contributed by atoms with van der Waals surface area (Å²) in [6.45, 7) is 5.43. The van der Waals surface area contributed by atoms with Crippen molar-refractivity contribution in [1.29, 1.82) is 0 Å². The van der Waals surface area contributed by atoms with Crippen molar-refractivity contribution >= 4 is 17.5 Å². The minimum Gasteiger partial charge on any atom is -0.312 e. The number of nitrogens with one attached hydrogen (secondary N) is 1. The van der Waals surface area contributed by atoms with Crippen molar-refractivity contribution < 1.29 is 4.79 Å². The molecule has 0 saturated carbocycles. The molecule has 0 aromatic rings. The fourth-order valence-corrected chi connectivity index (χ4v) is 3.04. The van der Waals surface area contributed by atoms with E-state index in [1.54, 1.807) is 0 Å². The number of ketones is 1.